The lowest BCUT2D eigenvalue weighted by Crippen LogP contribution is -2.31. The van der Waals surface area contributed by atoms with Crippen LogP contribution in [0.1, 0.15) is 32.1 Å². The standard InChI is InChI=1S/C25H23FN2O5/c26-16-8-10-17(11-9-16)27-14-15(12-22(27)29)25(32)33-19-5-3-4-18(13-19)28-23(30)20-6-1-2-7-21(20)24(28)31/h3-5,8-11,13,15,20-21H,1-2,6-7,12,14H2/t15-,20-,21-/m1/s1. The van der Waals surface area contributed by atoms with E-state index in [0.717, 1.165) is 25.7 Å². The van der Waals surface area contributed by atoms with Gasteiger partial charge in [-0.25, -0.2) is 9.29 Å². The van der Waals surface area contributed by atoms with Crippen molar-refractivity contribution < 1.29 is 28.3 Å². The van der Waals surface area contributed by atoms with Gasteiger partial charge in [0.25, 0.3) is 0 Å². The van der Waals surface area contributed by atoms with Crippen LogP contribution in [-0.2, 0) is 19.2 Å². The summed E-state index contributed by atoms with van der Waals surface area (Å²) in [5, 5.41) is 0. The smallest absolute Gasteiger partial charge is 0.316 e. The topological polar surface area (TPSA) is 84.0 Å². The summed E-state index contributed by atoms with van der Waals surface area (Å²) in [5.74, 6) is -2.60. The van der Waals surface area contributed by atoms with Crippen molar-refractivity contribution in [1.82, 2.24) is 0 Å². The molecule has 0 aromatic heterocycles. The number of esters is 1. The maximum atomic E-state index is 13.2. The molecule has 3 amide bonds. The van der Waals surface area contributed by atoms with Gasteiger partial charge in [-0.05, 0) is 49.2 Å². The normalized spacial score (nSPS) is 24.9. The third-order valence-corrected chi connectivity index (χ3v) is 6.73. The molecule has 3 aliphatic rings. The molecular formula is C25H23FN2O5. The minimum Gasteiger partial charge on any atom is -0.426 e. The Morgan fingerprint density at radius 1 is 0.909 bits per heavy atom. The van der Waals surface area contributed by atoms with Gasteiger partial charge in [-0.15, -0.1) is 0 Å². The van der Waals surface area contributed by atoms with Crippen LogP contribution in [0.4, 0.5) is 15.8 Å². The molecule has 2 aromatic carbocycles. The van der Waals surface area contributed by atoms with Crippen LogP contribution in [0.15, 0.2) is 48.5 Å². The van der Waals surface area contributed by atoms with Crippen molar-refractivity contribution in [2.75, 3.05) is 16.3 Å². The summed E-state index contributed by atoms with van der Waals surface area (Å²) in [5.41, 5.74) is 0.909. The summed E-state index contributed by atoms with van der Waals surface area (Å²) in [6, 6.07) is 11.9. The number of fused-ring (bicyclic) bond motifs is 1. The number of hydrogen-bond acceptors (Lipinski definition) is 5. The van der Waals surface area contributed by atoms with Gasteiger partial charge in [0.2, 0.25) is 17.7 Å². The van der Waals surface area contributed by atoms with E-state index < -0.39 is 17.7 Å². The minimum absolute atomic E-state index is 0.0116. The van der Waals surface area contributed by atoms with Crippen LogP contribution in [0.3, 0.4) is 0 Å². The first kappa shape index (κ1) is 21.3. The number of anilines is 2. The number of nitrogens with zero attached hydrogens (tertiary/aromatic N) is 2. The molecular weight excluding hydrogens is 427 g/mol. The average Bonchev–Trinajstić information content (AvgIpc) is 3.32. The molecule has 7 nitrogen and oxygen atoms in total. The predicted octanol–water partition coefficient (Wildman–Crippen LogP) is 3.46. The fraction of sp³-hybridized carbons (Fsp3) is 0.360. The largest absolute Gasteiger partial charge is 0.426 e. The third kappa shape index (κ3) is 3.90. The molecule has 3 fully saturated rings. The Balaban J connectivity index is 1.29. The molecule has 2 saturated heterocycles. The van der Waals surface area contributed by atoms with Crippen LogP contribution in [0.25, 0.3) is 0 Å². The molecule has 33 heavy (non-hydrogen) atoms. The van der Waals surface area contributed by atoms with Crippen molar-refractivity contribution in [2.45, 2.75) is 32.1 Å². The lowest BCUT2D eigenvalue weighted by atomic mass is 9.81. The maximum Gasteiger partial charge on any atom is 0.316 e. The summed E-state index contributed by atoms with van der Waals surface area (Å²) in [6.07, 6.45) is 3.32. The Bertz CT molecular complexity index is 1110. The molecule has 5 rings (SSSR count). The highest BCUT2D eigenvalue weighted by atomic mass is 19.1. The molecule has 2 aliphatic heterocycles. The van der Waals surface area contributed by atoms with Gasteiger partial charge in [-0.3, -0.25) is 19.2 Å². The fourth-order valence-electron chi connectivity index (χ4n) is 5.04. The first-order valence-electron chi connectivity index (χ1n) is 11.2. The van der Waals surface area contributed by atoms with E-state index in [1.807, 2.05) is 0 Å². The van der Waals surface area contributed by atoms with E-state index >= 15 is 0 Å². The lowest BCUT2D eigenvalue weighted by molar-refractivity contribution is -0.139. The van der Waals surface area contributed by atoms with E-state index in [2.05, 4.69) is 0 Å². The van der Waals surface area contributed by atoms with Crippen molar-refractivity contribution in [3.05, 3.63) is 54.3 Å². The van der Waals surface area contributed by atoms with Gasteiger partial charge in [0.1, 0.15) is 11.6 Å². The predicted molar refractivity (Wildman–Crippen MR) is 117 cm³/mol. The molecule has 8 heteroatoms. The van der Waals surface area contributed by atoms with Crippen LogP contribution in [0, 0.1) is 23.6 Å². The Morgan fingerprint density at radius 3 is 2.24 bits per heavy atom. The van der Waals surface area contributed by atoms with E-state index in [9.17, 15) is 23.6 Å². The number of halogens is 1. The van der Waals surface area contributed by atoms with E-state index in [0.29, 0.717) is 11.4 Å². The van der Waals surface area contributed by atoms with E-state index in [-0.39, 0.29) is 48.3 Å². The Labute approximate surface area is 190 Å². The van der Waals surface area contributed by atoms with Crippen molar-refractivity contribution in [3.8, 4) is 5.75 Å². The number of carbonyl (C=O) groups is 4. The van der Waals surface area contributed by atoms with Gasteiger partial charge >= 0.3 is 5.97 Å². The Kier molecular flexibility index (Phi) is 5.44. The molecule has 0 bridgehead atoms. The molecule has 2 heterocycles. The number of rotatable bonds is 4. The average molecular weight is 450 g/mol. The molecule has 170 valence electrons. The van der Waals surface area contributed by atoms with Crippen LogP contribution in [0.5, 0.6) is 5.75 Å². The summed E-state index contributed by atoms with van der Waals surface area (Å²) in [7, 11) is 0. The molecule has 0 spiro atoms. The summed E-state index contributed by atoms with van der Waals surface area (Å²) in [4.78, 5) is 53.5. The SMILES string of the molecule is O=C(Oc1cccc(N2C(=O)[C@@H]3CCCC[C@H]3C2=O)c1)[C@@H]1CC(=O)N(c2ccc(F)cc2)C1. The number of benzene rings is 2. The first-order chi connectivity index (χ1) is 15.9. The van der Waals surface area contributed by atoms with Crippen molar-refractivity contribution in [3.63, 3.8) is 0 Å². The molecule has 2 aromatic rings. The van der Waals surface area contributed by atoms with E-state index in [1.165, 1.54) is 40.1 Å². The highest BCUT2D eigenvalue weighted by molar-refractivity contribution is 6.22. The summed E-state index contributed by atoms with van der Waals surface area (Å²) in [6.45, 7) is 0.134. The minimum atomic E-state index is -0.677. The summed E-state index contributed by atoms with van der Waals surface area (Å²) < 4.78 is 18.7. The zero-order valence-corrected chi connectivity index (χ0v) is 17.9. The van der Waals surface area contributed by atoms with Crippen molar-refractivity contribution in [2.24, 2.45) is 17.8 Å². The fourth-order valence-corrected chi connectivity index (χ4v) is 5.04. The quantitative estimate of drug-likeness (QED) is 0.405. The monoisotopic (exact) mass is 450 g/mol. The number of carbonyl (C=O) groups excluding carboxylic acids is 4. The van der Waals surface area contributed by atoms with Gasteiger partial charge < -0.3 is 9.64 Å². The van der Waals surface area contributed by atoms with Crippen molar-refractivity contribution in [1.29, 1.82) is 0 Å². The maximum absolute atomic E-state index is 13.2. The first-order valence-corrected chi connectivity index (χ1v) is 11.2. The molecule has 0 radical (unpaired) electrons. The molecule has 0 unspecified atom stereocenters. The van der Waals surface area contributed by atoms with Gasteiger partial charge in [0.15, 0.2) is 0 Å². The van der Waals surface area contributed by atoms with E-state index in [4.69, 9.17) is 4.74 Å². The lowest BCUT2D eigenvalue weighted by Gasteiger charge is -2.19. The second-order valence-corrected chi connectivity index (χ2v) is 8.81. The Morgan fingerprint density at radius 2 is 1.58 bits per heavy atom. The molecule has 3 atom stereocenters. The van der Waals surface area contributed by atoms with Crippen LogP contribution in [-0.4, -0.2) is 30.2 Å². The zero-order valence-electron chi connectivity index (χ0n) is 17.9. The second kappa shape index (κ2) is 8.42. The van der Waals surface area contributed by atoms with E-state index in [1.54, 1.807) is 18.2 Å². The van der Waals surface area contributed by atoms with Crippen LogP contribution >= 0.6 is 0 Å². The second-order valence-electron chi connectivity index (χ2n) is 8.81. The zero-order chi connectivity index (χ0) is 23.1. The number of ether oxygens (including phenoxy) is 1. The summed E-state index contributed by atoms with van der Waals surface area (Å²) >= 11 is 0. The van der Waals surface area contributed by atoms with Gasteiger partial charge in [-0.2, -0.15) is 0 Å². The highest BCUT2D eigenvalue weighted by Crippen LogP contribution is 2.40. The Hall–Kier alpha value is -3.55. The van der Waals surface area contributed by atoms with Gasteiger partial charge in [0.05, 0.1) is 23.4 Å². The highest BCUT2D eigenvalue weighted by Gasteiger charge is 2.48. The van der Waals surface area contributed by atoms with Gasteiger partial charge in [0, 0.05) is 24.7 Å². The number of amides is 3. The molecule has 1 aliphatic carbocycles. The van der Waals surface area contributed by atoms with Gasteiger partial charge in [-0.1, -0.05) is 18.9 Å². The molecule has 0 N–H and O–H groups in total. The number of imide groups is 1. The van der Waals surface area contributed by atoms with Crippen LogP contribution < -0.4 is 14.5 Å². The van der Waals surface area contributed by atoms with Crippen LogP contribution in [0.2, 0.25) is 0 Å². The number of hydrogen-bond donors (Lipinski definition) is 0. The third-order valence-electron chi connectivity index (χ3n) is 6.73. The van der Waals surface area contributed by atoms with Crippen molar-refractivity contribution >= 4 is 35.1 Å². The molecule has 1 saturated carbocycles.